The molecule has 0 radical (unpaired) electrons. The van der Waals surface area contributed by atoms with E-state index in [0.717, 1.165) is 16.3 Å². The van der Waals surface area contributed by atoms with Gasteiger partial charge < -0.3 is 5.32 Å². The first-order valence-electron chi connectivity index (χ1n) is 10.5. The van der Waals surface area contributed by atoms with Crippen LogP contribution in [0.15, 0.2) is 102 Å². The van der Waals surface area contributed by atoms with Crippen LogP contribution in [0, 0.1) is 0 Å². The standard InChI is InChI=1S/C27H21N3O2/c1-18(22-11-6-8-19-7-2-3-9-23(19)22)29-26(31)20-13-15-21(16-14-20)30-17-28-25-12-5-4-10-24(25)27(30)32/h2-18H,1H3,(H,29,31). The normalized spacial score (nSPS) is 12.0. The van der Waals surface area contributed by atoms with Crippen molar-refractivity contribution in [2.45, 2.75) is 13.0 Å². The fourth-order valence-corrected chi connectivity index (χ4v) is 4.01. The van der Waals surface area contributed by atoms with Gasteiger partial charge >= 0.3 is 0 Å². The van der Waals surface area contributed by atoms with Crippen molar-refractivity contribution in [1.82, 2.24) is 14.9 Å². The van der Waals surface area contributed by atoms with E-state index in [4.69, 9.17) is 0 Å². The van der Waals surface area contributed by atoms with Gasteiger partial charge in [0, 0.05) is 5.56 Å². The second-order valence-corrected chi connectivity index (χ2v) is 7.75. The summed E-state index contributed by atoms with van der Waals surface area (Å²) in [7, 11) is 0. The molecule has 1 aromatic heterocycles. The Morgan fingerprint density at radius 1 is 0.844 bits per heavy atom. The number of benzene rings is 4. The number of aromatic nitrogens is 2. The summed E-state index contributed by atoms with van der Waals surface area (Å²) in [6.07, 6.45) is 1.52. The van der Waals surface area contributed by atoms with Gasteiger partial charge in [-0.2, -0.15) is 0 Å². The van der Waals surface area contributed by atoms with Crippen LogP contribution in [0.5, 0.6) is 0 Å². The molecule has 1 unspecified atom stereocenters. The highest BCUT2D eigenvalue weighted by Crippen LogP contribution is 2.24. The van der Waals surface area contributed by atoms with Crippen LogP contribution in [0.1, 0.15) is 28.9 Å². The Hall–Kier alpha value is -4.25. The number of carbonyl (C=O) groups excluding carboxylic acids is 1. The first kappa shape index (κ1) is 19.7. The zero-order chi connectivity index (χ0) is 22.1. The zero-order valence-corrected chi connectivity index (χ0v) is 17.5. The fourth-order valence-electron chi connectivity index (χ4n) is 4.01. The van der Waals surface area contributed by atoms with E-state index in [1.165, 1.54) is 10.9 Å². The maximum Gasteiger partial charge on any atom is 0.265 e. The third kappa shape index (κ3) is 3.54. The average Bonchev–Trinajstić information content (AvgIpc) is 2.84. The quantitative estimate of drug-likeness (QED) is 0.444. The highest BCUT2D eigenvalue weighted by molar-refractivity contribution is 5.95. The van der Waals surface area contributed by atoms with Gasteiger partial charge in [0.25, 0.3) is 11.5 Å². The van der Waals surface area contributed by atoms with Crippen LogP contribution >= 0.6 is 0 Å². The number of amides is 1. The molecule has 0 aliphatic heterocycles. The van der Waals surface area contributed by atoms with Crippen LogP contribution in [0.25, 0.3) is 27.4 Å². The fraction of sp³-hybridized carbons (Fsp3) is 0.0741. The third-order valence-corrected chi connectivity index (χ3v) is 5.71. The van der Waals surface area contributed by atoms with Gasteiger partial charge in [-0.3, -0.25) is 14.2 Å². The van der Waals surface area contributed by atoms with Crippen molar-refractivity contribution in [3.8, 4) is 5.69 Å². The summed E-state index contributed by atoms with van der Waals surface area (Å²) in [4.78, 5) is 30.0. The topological polar surface area (TPSA) is 64.0 Å². The van der Waals surface area contributed by atoms with E-state index in [0.29, 0.717) is 22.2 Å². The van der Waals surface area contributed by atoms with E-state index in [2.05, 4.69) is 28.5 Å². The Bertz CT molecular complexity index is 1500. The molecule has 0 spiro atoms. The molecule has 4 aromatic carbocycles. The highest BCUT2D eigenvalue weighted by Gasteiger charge is 2.14. The number of hydrogen-bond donors (Lipinski definition) is 1. The summed E-state index contributed by atoms with van der Waals surface area (Å²) >= 11 is 0. The largest absolute Gasteiger partial charge is 0.345 e. The number of para-hydroxylation sites is 1. The van der Waals surface area contributed by atoms with Crippen molar-refractivity contribution in [3.05, 3.63) is 119 Å². The van der Waals surface area contributed by atoms with Gasteiger partial charge in [0.2, 0.25) is 0 Å². The van der Waals surface area contributed by atoms with Crippen LogP contribution in [0.3, 0.4) is 0 Å². The highest BCUT2D eigenvalue weighted by atomic mass is 16.1. The molecule has 1 amide bonds. The molecular formula is C27H21N3O2. The molecule has 5 nitrogen and oxygen atoms in total. The Morgan fingerprint density at radius 2 is 1.53 bits per heavy atom. The average molecular weight is 419 g/mol. The first-order valence-corrected chi connectivity index (χ1v) is 10.5. The number of rotatable bonds is 4. The van der Waals surface area contributed by atoms with Crippen LogP contribution in [-0.4, -0.2) is 15.5 Å². The van der Waals surface area contributed by atoms with Gasteiger partial charge in [0.1, 0.15) is 6.33 Å². The molecule has 1 N–H and O–H groups in total. The lowest BCUT2D eigenvalue weighted by molar-refractivity contribution is 0.0940. The number of hydrogen-bond acceptors (Lipinski definition) is 3. The number of fused-ring (bicyclic) bond motifs is 2. The molecule has 5 rings (SSSR count). The molecule has 1 heterocycles. The van der Waals surface area contributed by atoms with Crippen LogP contribution < -0.4 is 10.9 Å². The van der Waals surface area contributed by atoms with E-state index in [1.54, 1.807) is 30.3 Å². The van der Waals surface area contributed by atoms with Gasteiger partial charge in [0.15, 0.2) is 0 Å². The van der Waals surface area contributed by atoms with Gasteiger partial charge in [-0.1, -0.05) is 54.6 Å². The summed E-state index contributed by atoms with van der Waals surface area (Å²) in [5, 5.41) is 5.91. The lowest BCUT2D eigenvalue weighted by Crippen LogP contribution is -2.27. The van der Waals surface area contributed by atoms with Crippen molar-refractivity contribution < 1.29 is 4.79 Å². The number of carbonyl (C=O) groups is 1. The molecule has 0 saturated carbocycles. The molecule has 0 saturated heterocycles. The summed E-state index contributed by atoms with van der Waals surface area (Å²) in [5.41, 5.74) is 2.78. The Kier molecular flexibility index (Phi) is 5.00. The molecule has 0 bridgehead atoms. The predicted molar refractivity (Wildman–Crippen MR) is 127 cm³/mol. The van der Waals surface area contributed by atoms with E-state index < -0.39 is 0 Å². The molecule has 1 atom stereocenters. The summed E-state index contributed by atoms with van der Waals surface area (Å²) < 4.78 is 1.49. The zero-order valence-electron chi connectivity index (χ0n) is 17.5. The molecule has 0 fully saturated rings. The second-order valence-electron chi connectivity index (χ2n) is 7.75. The Labute approximate surface area is 185 Å². The summed E-state index contributed by atoms with van der Waals surface area (Å²) in [6.45, 7) is 1.98. The summed E-state index contributed by atoms with van der Waals surface area (Å²) in [6, 6.07) is 28.3. The van der Waals surface area contributed by atoms with Gasteiger partial charge in [-0.15, -0.1) is 0 Å². The molecule has 5 heteroatoms. The van der Waals surface area contributed by atoms with Gasteiger partial charge in [-0.05, 0) is 59.7 Å². The SMILES string of the molecule is CC(NC(=O)c1ccc(-n2cnc3ccccc3c2=O)cc1)c1cccc2ccccc12. The minimum Gasteiger partial charge on any atom is -0.345 e. The van der Waals surface area contributed by atoms with Crippen molar-refractivity contribution in [2.24, 2.45) is 0 Å². The maximum atomic E-state index is 12.9. The van der Waals surface area contributed by atoms with Crippen LogP contribution in [0.4, 0.5) is 0 Å². The minimum absolute atomic E-state index is 0.141. The number of nitrogens with one attached hydrogen (secondary N) is 1. The molecule has 32 heavy (non-hydrogen) atoms. The minimum atomic E-state index is -0.166. The second kappa shape index (κ2) is 8.12. The molecular weight excluding hydrogens is 398 g/mol. The van der Waals surface area contributed by atoms with Gasteiger partial charge in [-0.25, -0.2) is 4.98 Å². The lowest BCUT2D eigenvalue weighted by Gasteiger charge is -2.17. The Morgan fingerprint density at radius 3 is 2.34 bits per heavy atom. The van der Waals surface area contributed by atoms with Crippen molar-refractivity contribution in [3.63, 3.8) is 0 Å². The molecule has 0 aliphatic rings. The predicted octanol–water partition coefficient (Wildman–Crippen LogP) is 5.03. The van der Waals surface area contributed by atoms with Crippen molar-refractivity contribution >= 4 is 27.6 Å². The Balaban J connectivity index is 1.39. The van der Waals surface area contributed by atoms with Gasteiger partial charge in [0.05, 0.1) is 22.6 Å². The maximum absolute atomic E-state index is 12.9. The lowest BCUT2D eigenvalue weighted by atomic mass is 9.99. The molecule has 156 valence electrons. The van der Waals surface area contributed by atoms with E-state index in [1.807, 2.05) is 49.4 Å². The molecule has 0 aliphatic carbocycles. The first-order chi connectivity index (χ1) is 15.6. The van der Waals surface area contributed by atoms with E-state index in [9.17, 15) is 9.59 Å². The van der Waals surface area contributed by atoms with Crippen molar-refractivity contribution in [1.29, 1.82) is 0 Å². The smallest absolute Gasteiger partial charge is 0.265 e. The molecule has 5 aromatic rings. The third-order valence-electron chi connectivity index (χ3n) is 5.71. The monoisotopic (exact) mass is 419 g/mol. The summed E-state index contributed by atoms with van der Waals surface area (Å²) in [5.74, 6) is -0.166. The number of nitrogens with zero attached hydrogens (tertiary/aromatic N) is 2. The van der Waals surface area contributed by atoms with Crippen LogP contribution in [0.2, 0.25) is 0 Å². The van der Waals surface area contributed by atoms with E-state index in [-0.39, 0.29) is 17.5 Å². The van der Waals surface area contributed by atoms with E-state index >= 15 is 0 Å². The van der Waals surface area contributed by atoms with Crippen molar-refractivity contribution in [2.75, 3.05) is 0 Å². The van der Waals surface area contributed by atoms with Crippen LogP contribution in [-0.2, 0) is 0 Å².